The highest BCUT2D eigenvalue weighted by atomic mass is 32.1. The van der Waals surface area contributed by atoms with Crippen LogP contribution in [0.5, 0.6) is 0 Å². The molecule has 2 nitrogen and oxygen atoms in total. The van der Waals surface area contributed by atoms with Crippen LogP contribution in [0.15, 0.2) is 41.8 Å². The Balaban J connectivity index is 1.94. The summed E-state index contributed by atoms with van der Waals surface area (Å²) in [5.41, 5.74) is 1.60. The number of hydrogen-bond donors (Lipinski definition) is 0. The minimum absolute atomic E-state index is 0.280. The molecule has 0 N–H and O–H groups in total. The number of fused-ring (bicyclic) bond motifs is 3. The van der Waals surface area contributed by atoms with E-state index in [9.17, 15) is 18.0 Å². The predicted octanol–water partition coefficient (Wildman–Crippen LogP) is 7.07. The summed E-state index contributed by atoms with van der Waals surface area (Å²) >= 11 is 2.47. The summed E-state index contributed by atoms with van der Waals surface area (Å²) in [7, 11) is 0. The van der Waals surface area contributed by atoms with Gasteiger partial charge in [0, 0.05) is 15.8 Å². The fourth-order valence-corrected chi connectivity index (χ4v) is 6.03. The fraction of sp³-hybridized carbons (Fsp3) is 0.217. The Morgan fingerprint density at radius 3 is 2.53 bits per heavy atom. The van der Waals surface area contributed by atoms with Crippen molar-refractivity contribution in [3.05, 3.63) is 73.9 Å². The molecule has 30 heavy (non-hydrogen) atoms. The SMILES string of the molecule is Cc1ccc(-c2c(C(=O)c3cccs3)c(C(F)(F)F)nc3sc4c(c23)CCC4)cc1. The van der Waals surface area contributed by atoms with E-state index in [0.717, 1.165) is 46.6 Å². The largest absolute Gasteiger partial charge is 0.434 e. The van der Waals surface area contributed by atoms with Crippen LogP contribution < -0.4 is 0 Å². The third-order valence-electron chi connectivity index (χ3n) is 5.43. The van der Waals surface area contributed by atoms with E-state index < -0.39 is 17.7 Å². The molecule has 1 aromatic carbocycles. The first-order valence-electron chi connectivity index (χ1n) is 9.55. The highest BCUT2D eigenvalue weighted by molar-refractivity contribution is 7.19. The van der Waals surface area contributed by atoms with Gasteiger partial charge in [0.15, 0.2) is 5.69 Å². The maximum atomic E-state index is 14.1. The summed E-state index contributed by atoms with van der Waals surface area (Å²) in [6.45, 7) is 1.92. The van der Waals surface area contributed by atoms with Gasteiger partial charge in [-0.1, -0.05) is 35.9 Å². The highest BCUT2D eigenvalue weighted by Crippen LogP contribution is 2.47. The minimum atomic E-state index is -4.73. The number of hydrogen-bond acceptors (Lipinski definition) is 4. The van der Waals surface area contributed by atoms with Crippen LogP contribution in [-0.4, -0.2) is 10.8 Å². The lowest BCUT2D eigenvalue weighted by molar-refractivity contribution is -0.141. The van der Waals surface area contributed by atoms with E-state index in [2.05, 4.69) is 4.98 Å². The summed E-state index contributed by atoms with van der Waals surface area (Å²) in [5, 5.41) is 2.41. The first-order chi connectivity index (χ1) is 14.3. The zero-order valence-corrected chi connectivity index (χ0v) is 17.6. The quantitative estimate of drug-likeness (QED) is 0.317. The molecule has 3 heterocycles. The molecule has 0 aliphatic heterocycles. The molecule has 1 aliphatic rings. The molecule has 5 rings (SSSR count). The van der Waals surface area contributed by atoms with E-state index >= 15 is 0 Å². The number of carbonyl (C=O) groups is 1. The number of halogens is 3. The normalized spacial score (nSPS) is 13.7. The van der Waals surface area contributed by atoms with Gasteiger partial charge in [0.25, 0.3) is 0 Å². The van der Waals surface area contributed by atoms with Crippen molar-refractivity contribution < 1.29 is 18.0 Å². The van der Waals surface area contributed by atoms with Crippen LogP contribution in [0.3, 0.4) is 0 Å². The molecule has 152 valence electrons. The molecule has 0 saturated carbocycles. The van der Waals surface area contributed by atoms with Crippen LogP contribution in [0, 0.1) is 6.92 Å². The Bertz CT molecular complexity index is 1270. The Labute approximate surface area is 179 Å². The van der Waals surface area contributed by atoms with Gasteiger partial charge in [-0.05, 0) is 48.8 Å². The van der Waals surface area contributed by atoms with E-state index in [-0.39, 0.29) is 10.4 Å². The summed E-state index contributed by atoms with van der Waals surface area (Å²) in [5.74, 6) is -0.625. The van der Waals surface area contributed by atoms with E-state index in [0.29, 0.717) is 21.3 Å². The number of pyridine rings is 1. The van der Waals surface area contributed by atoms with Gasteiger partial charge >= 0.3 is 6.18 Å². The van der Waals surface area contributed by atoms with Crippen molar-refractivity contribution in [2.24, 2.45) is 0 Å². The van der Waals surface area contributed by atoms with E-state index in [4.69, 9.17) is 0 Å². The van der Waals surface area contributed by atoms with Gasteiger partial charge in [0.2, 0.25) is 5.78 Å². The van der Waals surface area contributed by atoms with Crippen molar-refractivity contribution in [3.8, 4) is 11.1 Å². The number of aryl methyl sites for hydroxylation is 3. The van der Waals surface area contributed by atoms with Crippen LogP contribution in [0.25, 0.3) is 21.3 Å². The Morgan fingerprint density at radius 1 is 1.10 bits per heavy atom. The first-order valence-corrected chi connectivity index (χ1v) is 11.2. The van der Waals surface area contributed by atoms with Gasteiger partial charge in [-0.3, -0.25) is 4.79 Å². The fourth-order valence-electron chi connectivity index (χ4n) is 4.09. The van der Waals surface area contributed by atoms with Crippen molar-refractivity contribution in [1.29, 1.82) is 0 Å². The van der Waals surface area contributed by atoms with Crippen molar-refractivity contribution in [1.82, 2.24) is 4.98 Å². The van der Waals surface area contributed by atoms with Gasteiger partial charge in [0.1, 0.15) is 4.83 Å². The second-order valence-electron chi connectivity index (χ2n) is 7.42. The zero-order valence-electron chi connectivity index (χ0n) is 16.0. The molecular weight excluding hydrogens is 427 g/mol. The molecule has 0 amide bonds. The third-order valence-corrected chi connectivity index (χ3v) is 7.49. The molecule has 0 fully saturated rings. The molecular formula is C23H16F3NOS2. The van der Waals surface area contributed by atoms with Crippen LogP contribution in [0.4, 0.5) is 13.2 Å². The lowest BCUT2D eigenvalue weighted by Gasteiger charge is -2.17. The number of alkyl halides is 3. The van der Waals surface area contributed by atoms with Crippen molar-refractivity contribution in [2.45, 2.75) is 32.4 Å². The number of ketones is 1. The van der Waals surface area contributed by atoms with Gasteiger partial charge < -0.3 is 0 Å². The summed E-state index contributed by atoms with van der Waals surface area (Å²) in [4.78, 5) is 19.1. The predicted molar refractivity (Wildman–Crippen MR) is 115 cm³/mol. The van der Waals surface area contributed by atoms with Crippen molar-refractivity contribution in [3.63, 3.8) is 0 Å². The smallest absolute Gasteiger partial charge is 0.288 e. The molecule has 1 aliphatic carbocycles. The number of benzene rings is 1. The monoisotopic (exact) mass is 443 g/mol. The van der Waals surface area contributed by atoms with Crippen LogP contribution in [-0.2, 0) is 19.0 Å². The van der Waals surface area contributed by atoms with Gasteiger partial charge in [-0.25, -0.2) is 4.98 Å². The molecule has 0 atom stereocenters. The molecule has 0 unspecified atom stereocenters. The Morgan fingerprint density at radius 2 is 1.87 bits per heavy atom. The summed E-state index contributed by atoms with van der Waals surface area (Å²) < 4.78 is 42.4. The van der Waals surface area contributed by atoms with E-state index in [1.165, 1.54) is 11.3 Å². The average molecular weight is 444 g/mol. The number of rotatable bonds is 3. The number of carbonyl (C=O) groups excluding carboxylic acids is 1. The van der Waals surface area contributed by atoms with Crippen LogP contribution in [0.2, 0.25) is 0 Å². The summed E-state index contributed by atoms with van der Waals surface area (Å²) in [6, 6.07) is 10.6. The molecule has 7 heteroatoms. The topological polar surface area (TPSA) is 30.0 Å². The van der Waals surface area contributed by atoms with Crippen molar-refractivity contribution in [2.75, 3.05) is 0 Å². The molecule has 0 bridgehead atoms. The standard InChI is InChI=1S/C23H16F3NOS2/c1-12-7-9-13(10-8-12)17-18-14-4-2-5-15(14)30-22(18)27-21(23(24,25)26)19(17)20(28)16-6-3-11-29-16/h3,6-11H,2,4-5H2,1H3. The second kappa shape index (κ2) is 7.03. The second-order valence-corrected chi connectivity index (χ2v) is 9.45. The Kier molecular flexibility index (Phi) is 4.56. The number of thiophene rings is 2. The molecule has 4 aromatic rings. The van der Waals surface area contributed by atoms with Crippen LogP contribution >= 0.6 is 22.7 Å². The van der Waals surface area contributed by atoms with Crippen molar-refractivity contribution >= 4 is 38.7 Å². The lowest BCUT2D eigenvalue weighted by atomic mass is 9.90. The first kappa shape index (κ1) is 19.5. The minimum Gasteiger partial charge on any atom is -0.288 e. The van der Waals surface area contributed by atoms with Gasteiger partial charge in [-0.15, -0.1) is 22.7 Å². The van der Waals surface area contributed by atoms with E-state index in [1.54, 1.807) is 29.6 Å². The molecule has 3 aromatic heterocycles. The number of nitrogens with zero attached hydrogens (tertiary/aromatic N) is 1. The van der Waals surface area contributed by atoms with Gasteiger partial charge in [-0.2, -0.15) is 13.2 Å². The summed E-state index contributed by atoms with van der Waals surface area (Å²) in [6.07, 6.45) is -2.11. The number of aromatic nitrogens is 1. The Hall–Kier alpha value is -2.51. The zero-order chi connectivity index (χ0) is 21.0. The van der Waals surface area contributed by atoms with Crippen LogP contribution in [0.1, 0.15) is 43.4 Å². The molecule has 0 saturated heterocycles. The van der Waals surface area contributed by atoms with E-state index in [1.807, 2.05) is 19.1 Å². The highest BCUT2D eigenvalue weighted by Gasteiger charge is 2.41. The maximum absolute atomic E-state index is 14.1. The third kappa shape index (κ3) is 3.08. The lowest BCUT2D eigenvalue weighted by Crippen LogP contribution is -2.17. The molecule has 0 spiro atoms. The van der Waals surface area contributed by atoms with Gasteiger partial charge in [0.05, 0.1) is 10.4 Å². The maximum Gasteiger partial charge on any atom is 0.434 e. The molecule has 0 radical (unpaired) electrons. The average Bonchev–Trinajstić information content (AvgIpc) is 3.43.